The summed E-state index contributed by atoms with van der Waals surface area (Å²) in [6.45, 7) is 4.77. The number of rotatable bonds is 0. The lowest BCUT2D eigenvalue weighted by Gasteiger charge is -2.22. The highest BCUT2D eigenvalue weighted by atomic mass is 32.1. The third-order valence-electron chi connectivity index (χ3n) is 1.11. The molecule has 1 heterocycles. The van der Waals surface area contributed by atoms with Crippen LogP contribution in [0.5, 0.6) is 0 Å². The van der Waals surface area contributed by atoms with E-state index in [9.17, 15) is 0 Å². The monoisotopic (exact) mass is 129 g/mol. The van der Waals surface area contributed by atoms with Gasteiger partial charge in [-0.2, -0.15) is 0 Å². The van der Waals surface area contributed by atoms with Crippen LogP contribution < -0.4 is 10.6 Å². The molecule has 2 N–H and O–H groups in total. The molecular formula is C5H9N2S. The average molecular weight is 129 g/mol. The van der Waals surface area contributed by atoms with Crippen molar-refractivity contribution in [3.8, 4) is 0 Å². The van der Waals surface area contributed by atoms with E-state index in [1.165, 1.54) is 0 Å². The number of hydrogen-bond donors (Lipinski definition) is 2. The lowest BCUT2D eigenvalue weighted by Crippen LogP contribution is -2.47. The zero-order chi connectivity index (χ0) is 5.98. The lowest BCUT2D eigenvalue weighted by molar-refractivity contribution is 0.590. The first kappa shape index (κ1) is 5.82. The number of hydrogen-bond acceptors (Lipinski definition) is 1. The Morgan fingerprint density at radius 1 is 1.75 bits per heavy atom. The zero-order valence-electron chi connectivity index (χ0n) is 4.61. The molecule has 1 atom stereocenters. The van der Waals surface area contributed by atoms with Gasteiger partial charge in [0, 0.05) is 12.6 Å². The molecule has 0 saturated carbocycles. The van der Waals surface area contributed by atoms with E-state index < -0.39 is 0 Å². The van der Waals surface area contributed by atoms with Gasteiger partial charge in [0.05, 0.1) is 0 Å². The second-order valence-corrected chi connectivity index (χ2v) is 2.29. The summed E-state index contributed by atoms with van der Waals surface area (Å²) in [5.41, 5.74) is 0. The maximum atomic E-state index is 4.82. The van der Waals surface area contributed by atoms with E-state index in [2.05, 4.69) is 17.6 Å². The van der Waals surface area contributed by atoms with Crippen molar-refractivity contribution in [3.05, 3.63) is 6.92 Å². The summed E-state index contributed by atoms with van der Waals surface area (Å²) >= 11 is 4.82. The van der Waals surface area contributed by atoms with Crippen LogP contribution in [0.2, 0.25) is 0 Å². The Hall–Kier alpha value is -0.310. The Morgan fingerprint density at radius 2 is 2.50 bits per heavy atom. The van der Waals surface area contributed by atoms with E-state index in [-0.39, 0.29) is 0 Å². The maximum Gasteiger partial charge on any atom is 0.166 e. The Kier molecular flexibility index (Phi) is 1.68. The zero-order valence-corrected chi connectivity index (χ0v) is 5.42. The van der Waals surface area contributed by atoms with Crippen molar-refractivity contribution in [3.63, 3.8) is 0 Å². The van der Waals surface area contributed by atoms with Crippen molar-refractivity contribution in [2.45, 2.75) is 12.5 Å². The van der Waals surface area contributed by atoms with Crippen LogP contribution in [0, 0.1) is 6.92 Å². The highest BCUT2D eigenvalue weighted by molar-refractivity contribution is 7.80. The predicted molar refractivity (Wildman–Crippen MR) is 37.5 cm³/mol. The maximum absolute atomic E-state index is 4.82. The molecule has 0 aromatic heterocycles. The summed E-state index contributed by atoms with van der Waals surface area (Å²) in [5.74, 6) is 0. The summed E-state index contributed by atoms with van der Waals surface area (Å²) in [6, 6.07) is 0.309. The van der Waals surface area contributed by atoms with E-state index in [1.54, 1.807) is 0 Å². The Balaban J connectivity index is 2.34. The first-order valence-corrected chi connectivity index (χ1v) is 3.07. The summed E-state index contributed by atoms with van der Waals surface area (Å²) in [5, 5.41) is 6.71. The van der Waals surface area contributed by atoms with Gasteiger partial charge in [0.1, 0.15) is 0 Å². The van der Waals surface area contributed by atoms with Crippen molar-refractivity contribution < 1.29 is 0 Å². The fourth-order valence-corrected chi connectivity index (χ4v) is 0.937. The van der Waals surface area contributed by atoms with Crippen molar-refractivity contribution in [2.75, 3.05) is 6.54 Å². The van der Waals surface area contributed by atoms with Crippen LogP contribution in [-0.4, -0.2) is 17.7 Å². The molecule has 2 nitrogen and oxygen atoms in total. The Labute approximate surface area is 54.7 Å². The van der Waals surface area contributed by atoms with Crippen LogP contribution >= 0.6 is 12.2 Å². The van der Waals surface area contributed by atoms with Gasteiger partial charge in [0.15, 0.2) is 5.11 Å². The molecule has 1 fully saturated rings. The van der Waals surface area contributed by atoms with Crippen LogP contribution in [0.15, 0.2) is 0 Å². The van der Waals surface area contributed by atoms with Gasteiger partial charge in [0.2, 0.25) is 0 Å². The minimum absolute atomic E-state index is 0.309. The van der Waals surface area contributed by atoms with Gasteiger partial charge in [-0.15, -0.1) is 0 Å². The smallest absolute Gasteiger partial charge is 0.166 e. The molecule has 0 aromatic rings. The van der Waals surface area contributed by atoms with Gasteiger partial charge in [-0.05, 0) is 25.6 Å². The predicted octanol–water partition coefficient (Wildman–Crippen LogP) is 0.0569. The Morgan fingerprint density at radius 3 is 2.88 bits per heavy atom. The van der Waals surface area contributed by atoms with Crippen molar-refractivity contribution >= 4 is 17.3 Å². The van der Waals surface area contributed by atoms with E-state index in [1.807, 2.05) is 0 Å². The van der Waals surface area contributed by atoms with E-state index in [0.29, 0.717) is 6.04 Å². The average Bonchev–Trinajstić information content (AvgIpc) is 1.64. The molecule has 0 spiro atoms. The quantitative estimate of drug-likeness (QED) is 0.452. The normalized spacial score (nSPS) is 28.6. The van der Waals surface area contributed by atoms with Crippen LogP contribution in [0.4, 0.5) is 0 Å². The standard InChI is InChI=1S/C5H9N2S/c1-4-2-3-6-5(8)7-4/h4H,1-3H2,(H2,6,7,8)/t4-/m1/s1. The minimum atomic E-state index is 0.309. The van der Waals surface area contributed by atoms with Crippen LogP contribution in [0.1, 0.15) is 6.42 Å². The summed E-state index contributed by atoms with van der Waals surface area (Å²) < 4.78 is 0. The highest BCUT2D eigenvalue weighted by Gasteiger charge is 2.08. The largest absolute Gasteiger partial charge is 0.363 e. The SMILES string of the molecule is [CH2][C@@H]1CCNC(=S)N1. The first-order chi connectivity index (χ1) is 3.79. The molecule has 1 saturated heterocycles. The molecule has 8 heavy (non-hydrogen) atoms. The van der Waals surface area contributed by atoms with Crippen LogP contribution in [-0.2, 0) is 0 Å². The van der Waals surface area contributed by atoms with Gasteiger partial charge < -0.3 is 10.6 Å². The molecule has 1 aliphatic heterocycles. The Bertz CT molecular complexity index is 103. The van der Waals surface area contributed by atoms with Gasteiger partial charge in [-0.1, -0.05) is 0 Å². The molecular weight excluding hydrogens is 120 g/mol. The molecule has 0 amide bonds. The molecule has 0 aromatic carbocycles. The van der Waals surface area contributed by atoms with E-state index in [0.717, 1.165) is 18.1 Å². The third-order valence-corrected chi connectivity index (χ3v) is 1.38. The van der Waals surface area contributed by atoms with Crippen molar-refractivity contribution in [1.29, 1.82) is 0 Å². The summed E-state index contributed by atoms with van der Waals surface area (Å²) in [7, 11) is 0. The first-order valence-electron chi connectivity index (χ1n) is 2.66. The fraction of sp³-hybridized carbons (Fsp3) is 0.600. The highest BCUT2D eigenvalue weighted by Crippen LogP contribution is 1.92. The molecule has 1 rings (SSSR count). The molecule has 0 bridgehead atoms. The van der Waals surface area contributed by atoms with Gasteiger partial charge in [-0.3, -0.25) is 0 Å². The molecule has 1 radical (unpaired) electrons. The van der Waals surface area contributed by atoms with Gasteiger partial charge in [0.25, 0.3) is 0 Å². The molecule has 0 aliphatic carbocycles. The fourth-order valence-electron chi connectivity index (χ4n) is 0.669. The van der Waals surface area contributed by atoms with Gasteiger partial charge in [-0.25, -0.2) is 0 Å². The second-order valence-electron chi connectivity index (χ2n) is 1.89. The molecule has 45 valence electrons. The van der Waals surface area contributed by atoms with Crippen LogP contribution in [0.25, 0.3) is 0 Å². The summed E-state index contributed by atoms with van der Waals surface area (Å²) in [4.78, 5) is 0. The molecule has 1 aliphatic rings. The summed E-state index contributed by atoms with van der Waals surface area (Å²) in [6.07, 6.45) is 1.06. The van der Waals surface area contributed by atoms with Crippen LogP contribution in [0.3, 0.4) is 0 Å². The number of nitrogens with one attached hydrogen (secondary N) is 2. The topological polar surface area (TPSA) is 24.1 Å². The number of thiocarbonyl (C=S) groups is 1. The van der Waals surface area contributed by atoms with Crippen molar-refractivity contribution in [1.82, 2.24) is 10.6 Å². The van der Waals surface area contributed by atoms with E-state index >= 15 is 0 Å². The van der Waals surface area contributed by atoms with Gasteiger partial charge >= 0.3 is 0 Å². The lowest BCUT2D eigenvalue weighted by atomic mass is 10.2. The molecule has 3 heteroatoms. The minimum Gasteiger partial charge on any atom is -0.363 e. The third kappa shape index (κ3) is 1.33. The molecule has 0 unspecified atom stereocenters. The second kappa shape index (κ2) is 2.31. The van der Waals surface area contributed by atoms with Crippen molar-refractivity contribution in [2.24, 2.45) is 0 Å². The van der Waals surface area contributed by atoms with E-state index in [4.69, 9.17) is 12.2 Å².